The molecule has 0 atom stereocenters. The second-order valence-corrected chi connectivity index (χ2v) is 11.0. The molecule has 9 aromatic rings. The van der Waals surface area contributed by atoms with E-state index in [1.54, 1.807) is 0 Å². The summed E-state index contributed by atoms with van der Waals surface area (Å²) in [4.78, 5) is 2.30. The molecule has 3 nitrogen and oxygen atoms in total. The van der Waals surface area contributed by atoms with Gasteiger partial charge >= 0.3 is 0 Å². The molecule has 2 heterocycles. The molecule has 9 rings (SSSR count). The molecule has 0 aliphatic heterocycles. The first-order valence-electron chi connectivity index (χ1n) is 14.5. The molecule has 0 bridgehead atoms. The van der Waals surface area contributed by atoms with Crippen molar-refractivity contribution in [3.05, 3.63) is 152 Å². The van der Waals surface area contributed by atoms with E-state index in [1.165, 1.54) is 21.9 Å². The van der Waals surface area contributed by atoms with Crippen molar-refractivity contribution < 1.29 is 8.83 Å². The number of rotatable bonds is 4. The summed E-state index contributed by atoms with van der Waals surface area (Å²) in [6.07, 6.45) is 0. The predicted octanol–water partition coefficient (Wildman–Crippen LogP) is 11.8. The Kier molecular flexibility index (Phi) is 5.20. The largest absolute Gasteiger partial charge is 0.456 e. The first kappa shape index (κ1) is 23.9. The van der Waals surface area contributed by atoms with E-state index >= 15 is 0 Å². The Morgan fingerprint density at radius 3 is 1.84 bits per heavy atom. The number of hydrogen-bond donors (Lipinski definition) is 0. The molecule has 0 amide bonds. The minimum atomic E-state index is 0.866. The van der Waals surface area contributed by atoms with Crippen molar-refractivity contribution in [1.82, 2.24) is 0 Å². The molecule has 0 N–H and O–H groups in total. The lowest BCUT2D eigenvalue weighted by atomic mass is 10.0. The van der Waals surface area contributed by atoms with E-state index in [4.69, 9.17) is 8.83 Å². The number of hydrogen-bond acceptors (Lipinski definition) is 3. The highest BCUT2D eigenvalue weighted by Gasteiger charge is 2.18. The van der Waals surface area contributed by atoms with Crippen LogP contribution in [-0.4, -0.2) is 0 Å². The van der Waals surface area contributed by atoms with Gasteiger partial charge in [0.25, 0.3) is 0 Å². The van der Waals surface area contributed by atoms with Crippen molar-refractivity contribution >= 4 is 71.7 Å². The van der Waals surface area contributed by atoms with Gasteiger partial charge in [0.1, 0.15) is 22.3 Å². The smallest absolute Gasteiger partial charge is 0.137 e. The van der Waals surface area contributed by atoms with Gasteiger partial charge in [0, 0.05) is 44.7 Å². The zero-order chi connectivity index (χ0) is 28.3. The molecule has 0 radical (unpaired) electrons. The summed E-state index contributed by atoms with van der Waals surface area (Å²) in [5.41, 5.74) is 9.05. The molecule has 0 unspecified atom stereocenters. The Morgan fingerprint density at radius 1 is 0.349 bits per heavy atom. The topological polar surface area (TPSA) is 29.5 Å². The molecule has 3 heteroatoms. The van der Waals surface area contributed by atoms with Crippen LogP contribution in [0.4, 0.5) is 17.1 Å². The van der Waals surface area contributed by atoms with Gasteiger partial charge in [0.05, 0.1) is 0 Å². The van der Waals surface area contributed by atoms with E-state index in [2.05, 4.69) is 138 Å². The van der Waals surface area contributed by atoms with Gasteiger partial charge < -0.3 is 13.7 Å². The van der Waals surface area contributed by atoms with Crippen LogP contribution in [0.1, 0.15) is 0 Å². The van der Waals surface area contributed by atoms with Crippen LogP contribution in [0.25, 0.3) is 65.8 Å². The quantitative estimate of drug-likeness (QED) is 0.218. The van der Waals surface area contributed by atoms with E-state index in [9.17, 15) is 0 Å². The fraction of sp³-hybridized carbons (Fsp3) is 0. The monoisotopic (exact) mass is 551 g/mol. The summed E-state index contributed by atoms with van der Waals surface area (Å²) < 4.78 is 12.6. The lowest BCUT2D eigenvalue weighted by Gasteiger charge is -2.25. The molecule has 0 aliphatic carbocycles. The predicted molar refractivity (Wildman–Crippen MR) is 179 cm³/mol. The van der Waals surface area contributed by atoms with Crippen molar-refractivity contribution in [2.45, 2.75) is 0 Å². The highest BCUT2D eigenvalue weighted by atomic mass is 16.3. The third-order valence-electron chi connectivity index (χ3n) is 8.45. The Bertz CT molecular complexity index is 2450. The average Bonchev–Trinajstić information content (AvgIpc) is 3.63. The van der Waals surface area contributed by atoms with Gasteiger partial charge in [-0.25, -0.2) is 0 Å². The molecule has 0 aliphatic rings. The van der Waals surface area contributed by atoms with Crippen LogP contribution in [0.5, 0.6) is 0 Å². The zero-order valence-electron chi connectivity index (χ0n) is 23.2. The van der Waals surface area contributed by atoms with Crippen molar-refractivity contribution in [3.8, 4) is 11.1 Å². The van der Waals surface area contributed by atoms with Gasteiger partial charge in [-0.15, -0.1) is 0 Å². The molecular weight excluding hydrogens is 526 g/mol. The zero-order valence-corrected chi connectivity index (χ0v) is 23.2. The first-order valence-corrected chi connectivity index (χ1v) is 14.5. The molecule has 0 saturated carbocycles. The Balaban J connectivity index is 1.26. The second-order valence-electron chi connectivity index (χ2n) is 11.0. The molecular formula is C40H25NO2. The first-order chi connectivity index (χ1) is 21.3. The summed E-state index contributed by atoms with van der Waals surface area (Å²) >= 11 is 0. The van der Waals surface area contributed by atoms with Crippen LogP contribution in [0.2, 0.25) is 0 Å². The van der Waals surface area contributed by atoms with Crippen LogP contribution in [0.3, 0.4) is 0 Å². The van der Waals surface area contributed by atoms with Crippen molar-refractivity contribution in [2.75, 3.05) is 4.90 Å². The van der Waals surface area contributed by atoms with Gasteiger partial charge in [-0.3, -0.25) is 0 Å². The van der Waals surface area contributed by atoms with Crippen LogP contribution in [0, 0.1) is 0 Å². The normalized spacial score (nSPS) is 11.7. The summed E-state index contributed by atoms with van der Waals surface area (Å²) in [7, 11) is 0. The summed E-state index contributed by atoms with van der Waals surface area (Å²) in [5.74, 6) is 0. The number of furan rings is 2. The van der Waals surface area contributed by atoms with Crippen LogP contribution >= 0.6 is 0 Å². The van der Waals surface area contributed by atoms with Crippen LogP contribution < -0.4 is 4.90 Å². The van der Waals surface area contributed by atoms with Crippen molar-refractivity contribution in [1.29, 1.82) is 0 Å². The number of para-hydroxylation sites is 1. The van der Waals surface area contributed by atoms with Crippen molar-refractivity contribution in [3.63, 3.8) is 0 Å². The summed E-state index contributed by atoms with van der Waals surface area (Å²) in [6, 6.07) is 53.1. The van der Waals surface area contributed by atoms with Gasteiger partial charge in [-0.05, 0) is 76.5 Å². The Hall–Kier alpha value is -5.80. The minimum Gasteiger partial charge on any atom is -0.456 e. The van der Waals surface area contributed by atoms with E-state index in [0.29, 0.717) is 0 Å². The van der Waals surface area contributed by atoms with E-state index in [0.717, 1.165) is 60.9 Å². The third-order valence-corrected chi connectivity index (χ3v) is 8.45. The summed E-state index contributed by atoms with van der Waals surface area (Å²) in [6.45, 7) is 0. The van der Waals surface area contributed by atoms with Crippen LogP contribution in [0.15, 0.2) is 160 Å². The molecule has 7 aromatic carbocycles. The lowest BCUT2D eigenvalue weighted by molar-refractivity contribution is 0.668. The maximum absolute atomic E-state index is 6.33. The number of anilines is 3. The van der Waals surface area contributed by atoms with E-state index in [-0.39, 0.29) is 0 Å². The molecule has 202 valence electrons. The summed E-state index contributed by atoms with van der Waals surface area (Å²) in [5, 5.41) is 6.87. The Labute approximate surface area is 247 Å². The number of nitrogens with zero attached hydrogens (tertiary/aromatic N) is 1. The fourth-order valence-corrected chi connectivity index (χ4v) is 6.41. The highest BCUT2D eigenvalue weighted by Crippen LogP contribution is 2.42. The molecule has 43 heavy (non-hydrogen) atoms. The molecule has 2 aromatic heterocycles. The van der Waals surface area contributed by atoms with E-state index < -0.39 is 0 Å². The maximum atomic E-state index is 6.33. The lowest BCUT2D eigenvalue weighted by Crippen LogP contribution is -2.09. The fourth-order valence-electron chi connectivity index (χ4n) is 6.41. The SMILES string of the molecule is c1ccc(-c2ccc(N(c3ccc4c(c3)oc3ccccc34)c3ccc4oc5ccc6ccccc6c5c4c3)cc2)cc1. The van der Waals surface area contributed by atoms with Crippen molar-refractivity contribution in [2.24, 2.45) is 0 Å². The molecule has 0 saturated heterocycles. The second kappa shape index (κ2) is 9.37. The average molecular weight is 552 g/mol. The third kappa shape index (κ3) is 3.83. The number of benzene rings is 7. The standard InChI is InChI=1S/C40H25NO2/c1-2-8-26(9-3-1)27-14-17-29(18-15-27)41(31-19-21-34-33-12-6-7-13-36(33)43-39(34)25-31)30-20-23-37-35(24-30)40-32-11-5-4-10-28(32)16-22-38(40)42-37/h1-25H. The van der Waals surface area contributed by atoms with E-state index in [1.807, 2.05) is 18.2 Å². The Morgan fingerprint density at radius 2 is 0.953 bits per heavy atom. The van der Waals surface area contributed by atoms with Crippen LogP contribution in [-0.2, 0) is 0 Å². The van der Waals surface area contributed by atoms with Gasteiger partial charge in [0.15, 0.2) is 0 Å². The highest BCUT2D eigenvalue weighted by molar-refractivity contribution is 6.19. The van der Waals surface area contributed by atoms with Gasteiger partial charge in [-0.1, -0.05) is 91.0 Å². The maximum Gasteiger partial charge on any atom is 0.137 e. The molecule has 0 spiro atoms. The number of fused-ring (bicyclic) bond motifs is 8. The minimum absolute atomic E-state index is 0.866. The van der Waals surface area contributed by atoms with Gasteiger partial charge in [0.2, 0.25) is 0 Å². The van der Waals surface area contributed by atoms with Gasteiger partial charge in [-0.2, -0.15) is 0 Å². The molecule has 0 fully saturated rings.